The third-order valence-electron chi connectivity index (χ3n) is 2.20. The van der Waals surface area contributed by atoms with Gasteiger partial charge in [0.05, 0.1) is 4.83 Å². The number of carbonyl (C=O) groups is 1. The highest BCUT2D eigenvalue weighted by Gasteiger charge is 2.18. The Balaban J connectivity index is 3.16. The molecule has 0 N–H and O–H groups in total. The Morgan fingerprint density at radius 2 is 2.12 bits per heavy atom. The molecular weight excluding hydrogens is 301 g/mol. The average molecular weight is 312 g/mol. The summed E-state index contributed by atoms with van der Waals surface area (Å²) in [4.78, 5) is 10.6. The normalized spacial score (nSPS) is 12.9. The van der Waals surface area contributed by atoms with E-state index in [2.05, 4.69) is 15.9 Å². The van der Waals surface area contributed by atoms with Gasteiger partial charge < -0.3 is 0 Å². The van der Waals surface area contributed by atoms with Crippen molar-refractivity contribution in [3.05, 3.63) is 34.9 Å². The van der Waals surface area contributed by atoms with Gasteiger partial charge in [-0.25, -0.2) is 8.78 Å². The number of carbonyl (C=O) groups excluding carboxylic acids is 1. The molecule has 0 spiro atoms. The maximum atomic E-state index is 12.7. The van der Waals surface area contributed by atoms with E-state index in [1.54, 1.807) is 6.07 Å². The lowest BCUT2D eigenvalue weighted by Gasteiger charge is -2.11. The topological polar surface area (TPSA) is 17.1 Å². The number of halogens is 4. The second-order valence-corrected chi connectivity index (χ2v) is 4.55. The van der Waals surface area contributed by atoms with Crippen molar-refractivity contribution in [3.8, 4) is 0 Å². The van der Waals surface area contributed by atoms with E-state index in [-0.39, 0.29) is 17.2 Å². The van der Waals surface area contributed by atoms with E-state index in [1.807, 2.05) is 0 Å². The van der Waals surface area contributed by atoms with Crippen LogP contribution in [0.2, 0.25) is 0 Å². The quantitative estimate of drug-likeness (QED) is 0.754. The van der Waals surface area contributed by atoms with Crippen LogP contribution in [0, 0.1) is 0 Å². The molecule has 0 aliphatic heterocycles. The lowest BCUT2D eigenvalue weighted by Crippen LogP contribution is -2.03. The summed E-state index contributed by atoms with van der Waals surface area (Å²) in [6.07, 6.45) is -2.58. The first-order valence-corrected chi connectivity index (χ1v) is 6.03. The fourth-order valence-electron chi connectivity index (χ4n) is 1.33. The van der Waals surface area contributed by atoms with Crippen molar-refractivity contribution >= 4 is 33.3 Å². The standard InChI is InChI=1S/C11H10BrClF2O/c1-6(16)10(12)7-2-3-8(5-13)9(4-7)11(14)15/h2-4,10-11H,5H2,1H3. The molecule has 0 bridgehead atoms. The van der Waals surface area contributed by atoms with Crippen LogP contribution in [-0.4, -0.2) is 5.78 Å². The third-order valence-corrected chi connectivity index (χ3v) is 3.66. The van der Waals surface area contributed by atoms with Crippen LogP contribution < -0.4 is 0 Å². The lowest BCUT2D eigenvalue weighted by atomic mass is 10.0. The Morgan fingerprint density at radius 3 is 2.56 bits per heavy atom. The van der Waals surface area contributed by atoms with Crippen LogP contribution in [0.15, 0.2) is 18.2 Å². The minimum absolute atomic E-state index is 0.0347. The van der Waals surface area contributed by atoms with E-state index in [9.17, 15) is 13.6 Å². The molecule has 1 unspecified atom stereocenters. The first-order valence-electron chi connectivity index (χ1n) is 4.58. The monoisotopic (exact) mass is 310 g/mol. The molecule has 0 aliphatic carbocycles. The van der Waals surface area contributed by atoms with Crippen molar-refractivity contribution in [1.29, 1.82) is 0 Å². The van der Waals surface area contributed by atoms with Gasteiger partial charge in [0.15, 0.2) is 0 Å². The van der Waals surface area contributed by atoms with Crippen LogP contribution in [0.1, 0.15) is 34.9 Å². The van der Waals surface area contributed by atoms with Crippen LogP contribution in [0.5, 0.6) is 0 Å². The number of hydrogen-bond donors (Lipinski definition) is 0. The molecule has 0 saturated heterocycles. The van der Waals surface area contributed by atoms with Gasteiger partial charge in [-0.05, 0) is 24.1 Å². The number of ketones is 1. The number of hydrogen-bond acceptors (Lipinski definition) is 1. The van der Waals surface area contributed by atoms with Gasteiger partial charge >= 0.3 is 0 Å². The Bertz CT molecular complexity index is 396. The highest BCUT2D eigenvalue weighted by atomic mass is 79.9. The van der Waals surface area contributed by atoms with Crippen LogP contribution in [0.25, 0.3) is 0 Å². The van der Waals surface area contributed by atoms with Gasteiger partial charge in [0.1, 0.15) is 5.78 Å². The maximum Gasteiger partial charge on any atom is 0.264 e. The molecule has 0 amide bonds. The van der Waals surface area contributed by atoms with Crippen molar-refractivity contribution < 1.29 is 13.6 Å². The summed E-state index contributed by atoms with van der Waals surface area (Å²) in [5.74, 6) is -0.0914. The van der Waals surface area contributed by atoms with E-state index >= 15 is 0 Å². The molecule has 0 fully saturated rings. The van der Waals surface area contributed by atoms with Gasteiger partial charge in [0.25, 0.3) is 6.43 Å². The largest absolute Gasteiger partial charge is 0.298 e. The second kappa shape index (κ2) is 5.73. The van der Waals surface area contributed by atoms with Gasteiger partial charge in [0.2, 0.25) is 0 Å². The molecule has 1 rings (SSSR count). The van der Waals surface area contributed by atoms with E-state index in [0.29, 0.717) is 11.1 Å². The predicted molar refractivity (Wildman–Crippen MR) is 63.3 cm³/mol. The molecule has 0 aromatic heterocycles. The van der Waals surface area contributed by atoms with Crippen LogP contribution in [-0.2, 0) is 10.7 Å². The molecule has 1 aromatic carbocycles. The van der Waals surface area contributed by atoms with Crippen molar-refractivity contribution in [1.82, 2.24) is 0 Å². The number of benzene rings is 1. The van der Waals surface area contributed by atoms with Crippen molar-refractivity contribution in [2.45, 2.75) is 24.1 Å². The zero-order valence-corrected chi connectivity index (χ0v) is 10.9. The van der Waals surface area contributed by atoms with E-state index in [4.69, 9.17) is 11.6 Å². The fraction of sp³-hybridized carbons (Fsp3) is 0.364. The summed E-state index contributed by atoms with van der Waals surface area (Å²) in [5, 5.41) is 0. The van der Waals surface area contributed by atoms with Crippen LogP contribution in [0.4, 0.5) is 8.78 Å². The van der Waals surface area contributed by atoms with Gasteiger partial charge in [-0.3, -0.25) is 4.79 Å². The number of alkyl halides is 4. The molecule has 88 valence electrons. The first kappa shape index (κ1) is 13.6. The molecule has 5 heteroatoms. The molecule has 1 aromatic rings. The molecule has 1 nitrogen and oxygen atoms in total. The zero-order chi connectivity index (χ0) is 12.3. The predicted octanol–water partition coefficient (Wildman–Crippen LogP) is 4.39. The Hall–Kier alpha value is -0.480. The smallest absolute Gasteiger partial charge is 0.264 e. The summed E-state index contributed by atoms with van der Waals surface area (Å²) < 4.78 is 25.4. The maximum absolute atomic E-state index is 12.7. The summed E-state index contributed by atoms with van der Waals surface area (Å²) >= 11 is 8.71. The molecule has 0 aliphatic rings. The van der Waals surface area contributed by atoms with E-state index < -0.39 is 11.3 Å². The Morgan fingerprint density at radius 1 is 1.50 bits per heavy atom. The fourth-order valence-corrected chi connectivity index (χ4v) is 1.86. The molecule has 1 atom stereocenters. The summed E-state index contributed by atoms with van der Waals surface area (Å²) in [7, 11) is 0. The third kappa shape index (κ3) is 3.01. The van der Waals surface area contributed by atoms with E-state index in [1.165, 1.54) is 19.1 Å². The minimum atomic E-state index is -2.58. The van der Waals surface area contributed by atoms with Crippen LogP contribution >= 0.6 is 27.5 Å². The molecule has 16 heavy (non-hydrogen) atoms. The highest BCUT2D eigenvalue weighted by molar-refractivity contribution is 9.09. The SMILES string of the molecule is CC(=O)C(Br)c1ccc(CCl)c(C(F)F)c1. The highest BCUT2D eigenvalue weighted by Crippen LogP contribution is 2.30. The van der Waals surface area contributed by atoms with Crippen molar-refractivity contribution in [3.63, 3.8) is 0 Å². The Kier molecular flexibility index (Phi) is 4.87. The van der Waals surface area contributed by atoms with Gasteiger partial charge in [0, 0.05) is 11.4 Å². The second-order valence-electron chi connectivity index (χ2n) is 3.37. The molecule has 0 saturated carbocycles. The summed E-state index contributed by atoms with van der Waals surface area (Å²) in [5.41, 5.74) is 0.804. The zero-order valence-electron chi connectivity index (χ0n) is 8.51. The van der Waals surface area contributed by atoms with E-state index in [0.717, 1.165) is 0 Å². The average Bonchev–Trinajstić information content (AvgIpc) is 2.26. The molecular formula is C11H10BrClF2O. The van der Waals surface area contributed by atoms with Crippen molar-refractivity contribution in [2.24, 2.45) is 0 Å². The Labute approximate surface area is 106 Å². The first-order chi connectivity index (χ1) is 7.47. The van der Waals surface area contributed by atoms with Gasteiger partial charge in [-0.2, -0.15) is 0 Å². The molecule has 0 heterocycles. The number of rotatable bonds is 4. The number of Topliss-reactive ketones (excluding diaryl/α,β-unsaturated/α-hetero) is 1. The van der Waals surface area contributed by atoms with Gasteiger partial charge in [-0.1, -0.05) is 28.1 Å². The molecule has 0 radical (unpaired) electrons. The van der Waals surface area contributed by atoms with Crippen molar-refractivity contribution in [2.75, 3.05) is 0 Å². The lowest BCUT2D eigenvalue weighted by molar-refractivity contribution is -0.116. The summed E-state index contributed by atoms with van der Waals surface area (Å²) in [6.45, 7) is 1.40. The minimum Gasteiger partial charge on any atom is -0.298 e. The van der Waals surface area contributed by atoms with Gasteiger partial charge in [-0.15, -0.1) is 11.6 Å². The summed E-state index contributed by atoms with van der Waals surface area (Å²) in [6, 6.07) is 4.48. The van der Waals surface area contributed by atoms with Crippen LogP contribution in [0.3, 0.4) is 0 Å².